The van der Waals surface area contributed by atoms with Crippen LogP contribution in [-0.2, 0) is 17.8 Å². The molecule has 2 aromatic carbocycles. The van der Waals surface area contributed by atoms with E-state index >= 15 is 0 Å². The predicted molar refractivity (Wildman–Crippen MR) is 147 cm³/mol. The Morgan fingerprint density at radius 1 is 1.11 bits per heavy atom. The summed E-state index contributed by atoms with van der Waals surface area (Å²) in [4.78, 5) is 17.7. The van der Waals surface area contributed by atoms with Crippen LogP contribution in [0.15, 0.2) is 36.4 Å². The Morgan fingerprint density at radius 2 is 1.86 bits per heavy atom. The van der Waals surface area contributed by atoms with E-state index in [1.54, 1.807) is 18.2 Å². The van der Waals surface area contributed by atoms with Crippen molar-refractivity contribution in [3.05, 3.63) is 63.9 Å². The van der Waals surface area contributed by atoms with Crippen molar-refractivity contribution >= 4 is 39.8 Å². The zero-order chi connectivity index (χ0) is 26.1. The molecule has 0 aliphatic rings. The van der Waals surface area contributed by atoms with Crippen molar-refractivity contribution in [2.24, 2.45) is 0 Å². The van der Waals surface area contributed by atoms with Crippen LogP contribution < -0.4 is 0 Å². The molecule has 0 saturated carbocycles. The second kappa shape index (κ2) is 13.6. The van der Waals surface area contributed by atoms with Crippen LogP contribution in [0.1, 0.15) is 86.1 Å². The molecule has 1 heterocycles. The van der Waals surface area contributed by atoms with Crippen molar-refractivity contribution < 1.29 is 13.6 Å². The number of nitrogens with zero attached hydrogens (tertiary/aromatic N) is 3. The fourth-order valence-electron chi connectivity index (χ4n) is 4.03. The minimum Gasteiger partial charge on any atom is -0.324 e. The Morgan fingerprint density at radius 3 is 2.56 bits per heavy atom. The summed E-state index contributed by atoms with van der Waals surface area (Å²) in [6.07, 6.45) is 6.87. The quantitative estimate of drug-likeness (QED) is 0.170. The van der Waals surface area contributed by atoms with Gasteiger partial charge in [-0.2, -0.15) is 0 Å². The highest BCUT2D eigenvalue weighted by molar-refractivity contribution is 7.77. The lowest BCUT2D eigenvalue weighted by molar-refractivity contribution is 0.0858. The summed E-state index contributed by atoms with van der Waals surface area (Å²) in [6, 6.07) is 11.0. The van der Waals surface area contributed by atoms with E-state index in [1.807, 2.05) is 36.6 Å². The molecule has 6 nitrogen and oxygen atoms in total. The Bertz CT molecular complexity index is 1290. The maximum atomic E-state index is 13.0. The third-order valence-corrected chi connectivity index (χ3v) is 7.16. The minimum absolute atomic E-state index is 0.232. The molecule has 192 valence electrons. The lowest BCUT2D eigenvalue weighted by atomic mass is 10.1. The molecule has 1 amide bonds. The summed E-state index contributed by atoms with van der Waals surface area (Å²) in [5, 5.41) is 0.626. The Hall–Kier alpha value is -2.66. The highest BCUT2D eigenvalue weighted by Gasteiger charge is 2.21. The second-order valence-corrected chi connectivity index (χ2v) is 10.2. The molecular formula is C28H34ClN3O3S. The number of carbonyl (C=O) groups is 1. The van der Waals surface area contributed by atoms with Crippen LogP contribution in [0.3, 0.4) is 0 Å². The van der Waals surface area contributed by atoms with Gasteiger partial charge in [0.05, 0.1) is 17.6 Å². The number of halogens is 1. The number of carbonyl (C=O) groups excluding carboxylic acids is 1. The fourth-order valence-corrected chi connectivity index (χ4v) is 4.80. The number of unbranched alkanes of at least 4 members (excludes halogenated alkanes) is 5. The third-order valence-electron chi connectivity index (χ3n) is 6.09. The minimum atomic E-state index is -2.38. The number of hydrogen-bond donors (Lipinski definition) is 1. The van der Waals surface area contributed by atoms with Crippen molar-refractivity contribution in [3.63, 3.8) is 0 Å². The van der Waals surface area contributed by atoms with Gasteiger partial charge in [0.1, 0.15) is 5.82 Å². The second-order valence-electron chi connectivity index (χ2n) is 8.86. The highest BCUT2D eigenvalue weighted by Crippen LogP contribution is 2.24. The largest absolute Gasteiger partial charge is 0.324 e. The molecule has 1 N–H and O–H groups in total. The molecule has 0 radical (unpaired) electrons. The van der Waals surface area contributed by atoms with E-state index in [0.29, 0.717) is 23.6 Å². The summed E-state index contributed by atoms with van der Waals surface area (Å²) < 4.78 is 24.5. The molecule has 3 rings (SSSR count). The van der Waals surface area contributed by atoms with Gasteiger partial charge in [0.15, 0.2) is 0 Å². The van der Waals surface area contributed by atoms with Crippen molar-refractivity contribution in [1.29, 1.82) is 0 Å². The number of fused-ring (bicyclic) bond motifs is 1. The van der Waals surface area contributed by atoms with E-state index < -0.39 is 17.2 Å². The van der Waals surface area contributed by atoms with Gasteiger partial charge < -0.3 is 4.57 Å². The lowest BCUT2D eigenvalue weighted by Crippen LogP contribution is -2.33. The molecule has 1 atom stereocenters. The molecule has 0 fully saturated rings. The van der Waals surface area contributed by atoms with Crippen LogP contribution >= 0.6 is 11.6 Å². The molecule has 3 aromatic rings. The number of rotatable bonds is 11. The average Bonchev–Trinajstić information content (AvgIpc) is 3.16. The number of hydrogen-bond acceptors (Lipinski definition) is 3. The van der Waals surface area contributed by atoms with Crippen molar-refractivity contribution in [2.45, 2.75) is 72.3 Å². The first-order valence-corrected chi connectivity index (χ1v) is 14.0. The van der Waals surface area contributed by atoms with Gasteiger partial charge in [-0.3, -0.25) is 9.35 Å². The van der Waals surface area contributed by atoms with Gasteiger partial charge in [-0.25, -0.2) is 13.5 Å². The van der Waals surface area contributed by atoms with Crippen LogP contribution in [0.5, 0.6) is 0 Å². The van der Waals surface area contributed by atoms with Crippen molar-refractivity contribution in [2.75, 3.05) is 6.54 Å². The van der Waals surface area contributed by atoms with Gasteiger partial charge in [0.2, 0.25) is 0 Å². The first-order chi connectivity index (χ1) is 17.3. The van der Waals surface area contributed by atoms with Crippen LogP contribution in [-0.4, -0.2) is 35.1 Å². The van der Waals surface area contributed by atoms with Gasteiger partial charge in [0.25, 0.3) is 17.2 Å². The van der Waals surface area contributed by atoms with E-state index in [1.165, 1.54) is 12.8 Å². The third kappa shape index (κ3) is 7.19. The number of amides is 1. The summed E-state index contributed by atoms with van der Waals surface area (Å²) in [7, 11) is 0. The number of aryl methyl sites for hydroxylation is 1. The summed E-state index contributed by atoms with van der Waals surface area (Å²) >= 11 is 4.23. The molecule has 1 unspecified atom stereocenters. The van der Waals surface area contributed by atoms with Gasteiger partial charge in [0, 0.05) is 29.1 Å². The SMILES string of the molecule is CCCCCC#Cc1ccc(Cn2c(C)nc3ccc(C(=O)N(CCCCC)S(=O)O)cc32)c(Cl)c1. The predicted octanol–water partition coefficient (Wildman–Crippen LogP) is 6.75. The molecule has 0 aliphatic heterocycles. The molecule has 1 aromatic heterocycles. The van der Waals surface area contributed by atoms with E-state index in [2.05, 4.69) is 23.7 Å². The number of benzene rings is 2. The summed E-state index contributed by atoms with van der Waals surface area (Å²) in [5.41, 5.74) is 3.68. The van der Waals surface area contributed by atoms with E-state index in [9.17, 15) is 13.6 Å². The van der Waals surface area contributed by atoms with Crippen LogP contribution in [0, 0.1) is 18.8 Å². The Balaban J connectivity index is 1.84. The molecule has 0 aliphatic carbocycles. The number of aromatic nitrogens is 2. The summed E-state index contributed by atoms with van der Waals surface area (Å²) in [5.74, 6) is 6.72. The highest BCUT2D eigenvalue weighted by atomic mass is 35.5. The number of imidazole rings is 1. The van der Waals surface area contributed by atoms with Crippen molar-refractivity contribution in [3.8, 4) is 11.8 Å². The zero-order valence-corrected chi connectivity index (χ0v) is 22.8. The van der Waals surface area contributed by atoms with Gasteiger partial charge in [-0.1, -0.05) is 69.0 Å². The molecular weight excluding hydrogens is 494 g/mol. The first-order valence-electron chi connectivity index (χ1n) is 12.5. The standard InChI is InChI=1S/C28H34ClN3O3S/c1-4-6-8-9-10-12-22-13-14-24(25(29)18-22)20-31-21(3)30-26-16-15-23(19-27(26)31)28(33)32(36(34)35)17-11-7-5-2/h13-16,18-19H,4-9,11,17,20H2,1-3H3,(H,34,35). The molecule has 0 bridgehead atoms. The van der Waals surface area contributed by atoms with Crippen molar-refractivity contribution in [1.82, 2.24) is 13.9 Å². The summed E-state index contributed by atoms with van der Waals surface area (Å²) in [6.45, 7) is 6.84. The first kappa shape index (κ1) is 27.9. The average molecular weight is 528 g/mol. The molecule has 0 spiro atoms. The topological polar surface area (TPSA) is 75.4 Å². The van der Waals surface area contributed by atoms with Crippen LogP contribution in [0.4, 0.5) is 0 Å². The maximum absolute atomic E-state index is 13.0. The van der Waals surface area contributed by atoms with Crippen LogP contribution in [0.25, 0.3) is 11.0 Å². The monoisotopic (exact) mass is 527 g/mol. The molecule has 0 saturated heterocycles. The van der Waals surface area contributed by atoms with Crippen LogP contribution in [0.2, 0.25) is 5.02 Å². The van der Waals surface area contributed by atoms with E-state index in [0.717, 1.165) is 58.0 Å². The maximum Gasteiger partial charge on any atom is 0.267 e. The molecule has 8 heteroatoms. The van der Waals surface area contributed by atoms with Gasteiger partial charge >= 0.3 is 0 Å². The smallest absolute Gasteiger partial charge is 0.267 e. The Labute approximate surface area is 221 Å². The van der Waals surface area contributed by atoms with Gasteiger partial charge in [-0.05, 0) is 55.7 Å². The fraction of sp³-hybridized carbons (Fsp3) is 0.429. The lowest BCUT2D eigenvalue weighted by Gasteiger charge is -2.18. The van der Waals surface area contributed by atoms with Gasteiger partial charge in [-0.15, -0.1) is 0 Å². The zero-order valence-electron chi connectivity index (χ0n) is 21.2. The normalized spacial score (nSPS) is 11.8. The molecule has 36 heavy (non-hydrogen) atoms. The van der Waals surface area contributed by atoms with E-state index in [-0.39, 0.29) is 6.54 Å². The Kier molecular flexibility index (Phi) is 10.5. The van der Waals surface area contributed by atoms with E-state index in [4.69, 9.17) is 11.6 Å².